The summed E-state index contributed by atoms with van der Waals surface area (Å²) in [6.45, 7) is 15.9. The molecule has 172 valence electrons. The summed E-state index contributed by atoms with van der Waals surface area (Å²) in [6, 6.07) is 0. The van der Waals surface area contributed by atoms with Gasteiger partial charge in [-0.3, -0.25) is 14.6 Å². The van der Waals surface area contributed by atoms with Crippen molar-refractivity contribution >= 4 is 12.1 Å². The van der Waals surface area contributed by atoms with E-state index in [4.69, 9.17) is 9.47 Å². The molecule has 3 rings (SSSR count). The average Bonchev–Trinajstić information content (AvgIpc) is 3.05. The Morgan fingerprint density at radius 3 is 2.27 bits per heavy atom. The van der Waals surface area contributed by atoms with Gasteiger partial charge < -0.3 is 19.3 Å². The molecule has 3 saturated heterocycles. The van der Waals surface area contributed by atoms with Gasteiger partial charge in [0, 0.05) is 51.4 Å². The molecule has 0 aromatic heterocycles. The Labute approximate surface area is 181 Å². The van der Waals surface area contributed by atoms with E-state index in [-0.39, 0.29) is 23.7 Å². The zero-order valence-corrected chi connectivity index (χ0v) is 19.3. The van der Waals surface area contributed by atoms with Crippen molar-refractivity contribution in [2.45, 2.75) is 51.7 Å². The number of amides is 1. The second-order valence-electron chi connectivity index (χ2n) is 9.98. The second kappa shape index (κ2) is 10.3. The molecule has 0 aromatic carbocycles. The number of hydrogen-bond donors (Lipinski definition) is 0. The van der Waals surface area contributed by atoms with Crippen molar-refractivity contribution in [3.05, 3.63) is 0 Å². The van der Waals surface area contributed by atoms with E-state index in [0.717, 1.165) is 71.7 Å². The summed E-state index contributed by atoms with van der Waals surface area (Å²) < 4.78 is 10.4. The molecule has 3 heterocycles. The lowest BCUT2D eigenvalue weighted by molar-refractivity contribution is -0.141. The van der Waals surface area contributed by atoms with Crippen LogP contribution in [-0.2, 0) is 14.3 Å². The molecule has 8 heteroatoms. The van der Waals surface area contributed by atoms with Gasteiger partial charge in [0.25, 0.3) is 0 Å². The predicted octanol–water partition coefficient (Wildman–Crippen LogP) is 1.50. The van der Waals surface area contributed by atoms with Crippen LogP contribution < -0.4 is 0 Å². The van der Waals surface area contributed by atoms with Gasteiger partial charge in [-0.25, -0.2) is 4.79 Å². The van der Waals surface area contributed by atoms with Gasteiger partial charge >= 0.3 is 12.1 Å². The van der Waals surface area contributed by atoms with Crippen molar-refractivity contribution in [2.24, 2.45) is 5.92 Å². The predicted molar refractivity (Wildman–Crippen MR) is 115 cm³/mol. The summed E-state index contributed by atoms with van der Waals surface area (Å²) >= 11 is 0. The van der Waals surface area contributed by atoms with Crippen molar-refractivity contribution in [3.8, 4) is 0 Å². The molecule has 0 bridgehead atoms. The maximum Gasteiger partial charge on any atom is 0.410 e. The number of rotatable bonds is 7. The molecule has 3 fully saturated rings. The number of esters is 1. The fourth-order valence-electron chi connectivity index (χ4n) is 4.75. The van der Waals surface area contributed by atoms with Crippen LogP contribution >= 0.6 is 0 Å². The SMILES string of the molecule is COC(=O)CCN1CCN(CC2CN(CC3CCN(C(C)(C)C)CC3)C(=O)O2)CC1. The van der Waals surface area contributed by atoms with Crippen LogP contribution in [0.2, 0.25) is 0 Å². The van der Waals surface area contributed by atoms with Crippen LogP contribution in [0.4, 0.5) is 4.79 Å². The number of carbonyl (C=O) groups is 2. The number of hydrogen-bond acceptors (Lipinski definition) is 7. The monoisotopic (exact) mass is 424 g/mol. The second-order valence-corrected chi connectivity index (χ2v) is 9.98. The number of nitrogens with zero attached hydrogens (tertiary/aromatic N) is 4. The average molecular weight is 425 g/mol. The normalized spacial score (nSPS) is 25.5. The first kappa shape index (κ1) is 23.3. The van der Waals surface area contributed by atoms with Gasteiger partial charge in [-0.1, -0.05) is 0 Å². The molecule has 0 aliphatic carbocycles. The van der Waals surface area contributed by atoms with Crippen LogP contribution in [-0.4, -0.2) is 116 Å². The lowest BCUT2D eigenvalue weighted by Crippen LogP contribution is -2.49. The van der Waals surface area contributed by atoms with E-state index < -0.39 is 0 Å². The lowest BCUT2D eigenvalue weighted by atomic mass is 9.92. The highest BCUT2D eigenvalue weighted by Crippen LogP contribution is 2.26. The Bertz CT molecular complexity index is 578. The van der Waals surface area contributed by atoms with Crippen molar-refractivity contribution in [1.82, 2.24) is 19.6 Å². The highest BCUT2D eigenvalue weighted by atomic mass is 16.6. The standard InChI is InChI=1S/C22H40N4O4/c1-22(2,3)26-9-5-18(6-10-26)15-25-17-19(30-21(25)28)16-24-13-11-23(12-14-24)8-7-20(27)29-4/h18-19H,5-17H2,1-4H3. The Hall–Kier alpha value is -1.38. The van der Waals surface area contributed by atoms with Crippen LogP contribution in [0, 0.1) is 5.92 Å². The molecule has 8 nitrogen and oxygen atoms in total. The summed E-state index contributed by atoms with van der Waals surface area (Å²) in [7, 11) is 1.43. The Morgan fingerprint density at radius 1 is 1.03 bits per heavy atom. The number of ether oxygens (including phenoxy) is 2. The summed E-state index contributed by atoms with van der Waals surface area (Å²) in [6.07, 6.45) is 2.57. The molecule has 1 atom stereocenters. The fraction of sp³-hybridized carbons (Fsp3) is 0.909. The number of cyclic esters (lactones) is 1. The molecule has 0 saturated carbocycles. The zero-order valence-electron chi connectivity index (χ0n) is 19.3. The van der Waals surface area contributed by atoms with Crippen molar-refractivity contribution < 1.29 is 19.1 Å². The summed E-state index contributed by atoms with van der Waals surface area (Å²) in [5, 5.41) is 0. The third-order valence-electron chi connectivity index (χ3n) is 6.78. The van der Waals surface area contributed by atoms with Crippen molar-refractivity contribution in [3.63, 3.8) is 0 Å². The van der Waals surface area contributed by atoms with Crippen LogP contribution in [0.25, 0.3) is 0 Å². The largest absolute Gasteiger partial charge is 0.469 e. The minimum absolute atomic E-state index is 0.0335. The van der Waals surface area contributed by atoms with Crippen LogP contribution in [0.3, 0.4) is 0 Å². The highest BCUT2D eigenvalue weighted by molar-refractivity contribution is 5.70. The Morgan fingerprint density at radius 2 is 1.67 bits per heavy atom. The summed E-state index contributed by atoms with van der Waals surface area (Å²) in [4.78, 5) is 32.8. The first-order valence-electron chi connectivity index (χ1n) is 11.5. The molecule has 1 unspecified atom stereocenters. The Balaban J connectivity index is 1.35. The van der Waals surface area contributed by atoms with Gasteiger partial charge in [-0.2, -0.15) is 0 Å². The quantitative estimate of drug-likeness (QED) is 0.574. The summed E-state index contributed by atoms with van der Waals surface area (Å²) in [5.41, 5.74) is 0.228. The molecule has 0 radical (unpaired) electrons. The van der Waals surface area contributed by atoms with Gasteiger partial charge in [0.05, 0.1) is 20.1 Å². The smallest absolute Gasteiger partial charge is 0.410 e. The van der Waals surface area contributed by atoms with Gasteiger partial charge in [0.1, 0.15) is 6.10 Å². The third kappa shape index (κ3) is 6.56. The van der Waals surface area contributed by atoms with Gasteiger partial charge in [0.2, 0.25) is 0 Å². The van der Waals surface area contributed by atoms with E-state index in [0.29, 0.717) is 18.9 Å². The minimum atomic E-state index is -0.153. The van der Waals surface area contributed by atoms with Gasteiger partial charge in [-0.15, -0.1) is 0 Å². The molecule has 3 aliphatic heterocycles. The van der Waals surface area contributed by atoms with E-state index >= 15 is 0 Å². The highest BCUT2D eigenvalue weighted by Gasteiger charge is 2.35. The Kier molecular flexibility index (Phi) is 7.98. The first-order chi connectivity index (χ1) is 14.2. The number of carbonyl (C=O) groups excluding carboxylic acids is 2. The van der Waals surface area contributed by atoms with Crippen molar-refractivity contribution in [2.75, 3.05) is 72.6 Å². The third-order valence-corrected chi connectivity index (χ3v) is 6.78. The van der Waals surface area contributed by atoms with E-state index in [1.54, 1.807) is 0 Å². The van der Waals surface area contributed by atoms with Crippen LogP contribution in [0.5, 0.6) is 0 Å². The molecule has 30 heavy (non-hydrogen) atoms. The number of piperazine rings is 1. The van der Waals surface area contributed by atoms with Crippen LogP contribution in [0.15, 0.2) is 0 Å². The number of piperidine rings is 1. The zero-order chi connectivity index (χ0) is 21.7. The first-order valence-corrected chi connectivity index (χ1v) is 11.5. The topological polar surface area (TPSA) is 65.6 Å². The van der Waals surface area contributed by atoms with Crippen molar-refractivity contribution in [1.29, 1.82) is 0 Å². The molecular formula is C22H40N4O4. The lowest BCUT2D eigenvalue weighted by Gasteiger charge is -2.41. The molecular weight excluding hydrogens is 384 g/mol. The van der Waals surface area contributed by atoms with Gasteiger partial charge in [0.15, 0.2) is 0 Å². The molecule has 0 N–H and O–H groups in total. The fourth-order valence-corrected chi connectivity index (χ4v) is 4.75. The molecule has 1 amide bonds. The maximum atomic E-state index is 12.4. The van der Waals surface area contributed by atoms with E-state index in [1.165, 1.54) is 7.11 Å². The maximum absolute atomic E-state index is 12.4. The summed E-state index contributed by atoms with van der Waals surface area (Å²) in [5.74, 6) is 0.424. The molecule has 0 aromatic rings. The van der Waals surface area contributed by atoms with Crippen LogP contribution in [0.1, 0.15) is 40.0 Å². The molecule has 3 aliphatic rings. The molecule has 0 spiro atoms. The van der Waals surface area contributed by atoms with E-state index in [9.17, 15) is 9.59 Å². The minimum Gasteiger partial charge on any atom is -0.469 e. The van der Waals surface area contributed by atoms with E-state index in [1.807, 2.05) is 4.90 Å². The van der Waals surface area contributed by atoms with Gasteiger partial charge in [-0.05, 0) is 52.6 Å². The van der Waals surface area contributed by atoms with E-state index in [2.05, 4.69) is 35.5 Å². The number of methoxy groups -OCH3 is 1. The number of likely N-dealkylation sites (tertiary alicyclic amines) is 1.